The molecule has 0 fully saturated rings. The molecular formula is C31H27N3O4S. The normalized spacial score (nSPS) is 11.2. The highest BCUT2D eigenvalue weighted by atomic mass is 32.2. The number of carbonyl (C=O) groups is 1. The molecule has 0 radical (unpaired) electrons. The number of nitrogens with zero attached hydrogens (tertiary/aromatic N) is 2. The Bertz CT molecular complexity index is 1660. The van der Waals surface area contributed by atoms with Crippen LogP contribution in [0.25, 0.3) is 28.3 Å². The van der Waals surface area contributed by atoms with E-state index in [1.807, 2.05) is 103 Å². The van der Waals surface area contributed by atoms with Gasteiger partial charge in [0.1, 0.15) is 5.82 Å². The molecule has 5 aromatic rings. The maximum Gasteiger partial charge on any atom is 0.421 e. The van der Waals surface area contributed by atoms with E-state index in [0.29, 0.717) is 6.42 Å². The van der Waals surface area contributed by atoms with Crippen LogP contribution in [0.15, 0.2) is 120 Å². The maximum absolute atomic E-state index is 12.4. The molecule has 1 N–H and O–H groups in total. The van der Waals surface area contributed by atoms with Gasteiger partial charge in [0.15, 0.2) is 0 Å². The maximum atomic E-state index is 12.4. The second-order valence-corrected chi connectivity index (χ2v) is 10.7. The molecule has 4 aromatic carbocycles. The average molecular weight is 538 g/mol. The molecule has 0 bridgehead atoms. The Hall–Kier alpha value is -4.69. The fraction of sp³-hybridized carbons (Fsp3) is 0.0968. The van der Waals surface area contributed by atoms with E-state index in [1.165, 1.54) is 12.1 Å². The first-order chi connectivity index (χ1) is 18.9. The van der Waals surface area contributed by atoms with Crippen molar-refractivity contribution in [2.24, 2.45) is 0 Å². The van der Waals surface area contributed by atoms with Crippen molar-refractivity contribution in [1.29, 1.82) is 0 Å². The summed E-state index contributed by atoms with van der Waals surface area (Å²) in [6.07, 6.45) is 1.45. The molecule has 8 heteroatoms. The SMILES string of the molecule is Cc1ccc(S(=O)(=O)NC(=O)OCCc2ccc(-n3cc(-c4ccccc4)nc3-c3ccccc3)cc2)cc1. The number of rotatable bonds is 8. The highest BCUT2D eigenvalue weighted by Crippen LogP contribution is 2.28. The predicted octanol–water partition coefficient (Wildman–Crippen LogP) is 6.17. The van der Waals surface area contributed by atoms with Gasteiger partial charge in [-0.2, -0.15) is 0 Å². The first kappa shape index (κ1) is 25.9. The number of nitrogens with one attached hydrogen (secondary N) is 1. The molecule has 0 saturated heterocycles. The first-order valence-electron chi connectivity index (χ1n) is 12.4. The van der Waals surface area contributed by atoms with Gasteiger partial charge in [-0.05, 0) is 36.8 Å². The van der Waals surface area contributed by atoms with Gasteiger partial charge in [-0.25, -0.2) is 22.9 Å². The van der Waals surface area contributed by atoms with Gasteiger partial charge in [0.25, 0.3) is 10.0 Å². The smallest absolute Gasteiger partial charge is 0.421 e. The fourth-order valence-corrected chi connectivity index (χ4v) is 5.01. The van der Waals surface area contributed by atoms with Gasteiger partial charge >= 0.3 is 6.09 Å². The number of benzene rings is 4. The minimum atomic E-state index is -3.99. The van der Waals surface area contributed by atoms with Crippen LogP contribution in [0.2, 0.25) is 0 Å². The predicted molar refractivity (Wildman–Crippen MR) is 151 cm³/mol. The van der Waals surface area contributed by atoms with E-state index in [4.69, 9.17) is 9.72 Å². The van der Waals surface area contributed by atoms with Crippen molar-refractivity contribution in [2.45, 2.75) is 18.2 Å². The molecule has 0 saturated carbocycles. The van der Waals surface area contributed by atoms with Crippen LogP contribution < -0.4 is 4.72 Å². The zero-order valence-electron chi connectivity index (χ0n) is 21.3. The van der Waals surface area contributed by atoms with Gasteiger partial charge in [-0.1, -0.05) is 90.5 Å². The van der Waals surface area contributed by atoms with Gasteiger partial charge in [-0.3, -0.25) is 4.57 Å². The van der Waals surface area contributed by atoms with E-state index >= 15 is 0 Å². The van der Waals surface area contributed by atoms with E-state index in [-0.39, 0.29) is 11.5 Å². The number of carbonyl (C=O) groups excluding carboxylic acids is 1. The third kappa shape index (κ3) is 6.25. The van der Waals surface area contributed by atoms with Crippen LogP contribution in [0.5, 0.6) is 0 Å². The molecule has 1 aromatic heterocycles. The van der Waals surface area contributed by atoms with Gasteiger partial charge in [0.05, 0.1) is 17.2 Å². The molecule has 1 heterocycles. The van der Waals surface area contributed by atoms with Crippen LogP contribution in [-0.4, -0.2) is 30.7 Å². The molecule has 0 aliphatic heterocycles. The lowest BCUT2D eigenvalue weighted by atomic mass is 10.1. The topological polar surface area (TPSA) is 90.3 Å². The van der Waals surface area contributed by atoms with Crippen LogP contribution in [0.4, 0.5) is 4.79 Å². The van der Waals surface area contributed by atoms with Crippen molar-refractivity contribution in [1.82, 2.24) is 14.3 Å². The minimum Gasteiger partial charge on any atom is -0.448 e. The van der Waals surface area contributed by atoms with Gasteiger partial charge < -0.3 is 4.74 Å². The van der Waals surface area contributed by atoms with E-state index in [9.17, 15) is 13.2 Å². The fourth-order valence-electron chi connectivity index (χ4n) is 4.12. The van der Waals surface area contributed by atoms with Crippen molar-refractivity contribution >= 4 is 16.1 Å². The third-order valence-electron chi connectivity index (χ3n) is 6.19. The molecule has 0 aliphatic carbocycles. The average Bonchev–Trinajstić information content (AvgIpc) is 3.40. The van der Waals surface area contributed by atoms with Crippen LogP contribution in [0.3, 0.4) is 0 Å². The lowest BCUT2D eigenvalue weighted by Gasteiger charge is -2.10. The Morgan fingerprint density at radius 2 is 1.44 bits per heavy atom. The zero-order chi connectivity index (χ0) is 27.2. The van der Waals surface area contributed by atoms with E-state index in [2.05, 4.69) is 4.57 Å². The molecular weight excluding hydrogens is 510 g/mol. The Morgan fingerprint density at radius 3 is 2.08 bits per heavy atom. The van der Waals surface area contributed by atoms with E-state index < -0.39 is 16.1 Å². The summed E-state index contributed by atoms with van der Waals surface area (Å²) in [6, 6.07) is 34.1. The summed E-state index contributed by atoms with van der Waals surface area (Å²) >= 11 is 0. The molecule has 0 atom stereocenters. The number of aryl methyl sites for hydroxylation is 1. The summed E-state index contributed by atoms with van der Waals surface area (Å²) in [5.41, 5.74) is 5.71. The Morgan fingerprint density at radius 1 is 0.821 bits per heavy atom. The van der Waals surface area contributed by atoms with Gasteiger partial charge in [-0.15, -0.1) is 0 Å². The van der Waals surface area contributed by atoms with Crippen LogP contribution in [0.1, 0.15) is 11.1 Å². The molecule has 39 heavy (non-hydrogen) atoms. The summed E-state index contributed by atoms with van der Waals surface area (Å²) in [5.74, 6) is 0.831. The van der Waals surface area contributed by atoms with Crippen LogP contribution in [-0.2, 0) is 21.2 Å². The summed E-state index contributed by atoms with van der Waals surface area (Å²) in [4.78, 5) is 17.0. The Balaban J connectivity index is 1.26. The van der Waals surface area contributed by atoms with Crippen molar-refractivity contribution in [2.75, 3.05) is 6.61 Å². The summed E-state index contributed by atoms with van der Waals surface area (Å²) in [5, 5.41) is 0. The van der Waals surface area contributed by atoms with Crippen molar-refractivity contribution in [3.8, 4) is 28.3 Å². The number of sulfonamides is 1. The second-order valence-electron chi connectivity index (χ2n) is 9.02. The van der Waals surface area contributed by atoms with Crippen LogP contribution in [0, 0.1) is 6.92 Å². The zero-order valence-corrected chi connectivity index (χ0v) is 22.1. The summed E-state index contributed by atoms with van der Waals surface area (Å²) in [7, 11) is -3.99. The van der Waals surface area contributed by atoms with Crippen molar-refractivity contribution < 1.29 is 17.9 Å². The van der Waals surface area contributed by atoms with Crippen molar-refractivity contribution in [3.63, 3.8) is 0 Å². The first-order valence-corrected chi connectivity index (χ1v) is 13.9. The molecule has 7 nitrogen and oxygen atoms in total. The third-order valence-corrected chi connectivity index (χ3v) is 7.52. The monoisotopic (exact) mass is 537 g/mol. The summed E-state index contributed by atoms with van der Waals surface area (Å²) < 4.78 is 33.9. The standard InChI is InChI=1S/C31H27N3O4S/c1-23-12-18-28(19-13-23)39(36,37)33-31(35)38-21-20-24-14-16-27(17-15-24)34-22-29(25-8-4-2-5-9-25)32-30(34)26-10-6-3-7-11-26/h2-19,22H,20-21H2,1H3,(H,33,35). The number of aromatic nitrogens is 2. The Kier molecular flexibility index (Phi) is 7.56. The van der Waals surface area contributed by atoms with E-state index in [0.717, 1.165) is 39.5 Å². The Labute approximate surface area is 227 Å². The highest BCUT2D eigenvalue weighted by molar-refractivity contribution is 7.90. The number of amides is 1. The molecule has 0 aliphatic rings. The molecule has 196 valence electrons. The lowest BCUT2D eigenvalue weighted by molar-refractivity contribution is 0.154. The number of ether oxygens (including phenoxy) is 1. The second kappa shape index (κ2) is 11.4. The van der Waals surface area contributed by atoms with Crippen molar-refractivity contribution in [3.05, 3.63) is 127 Å². The van der Waals surface area contributed by atoms with Gasteiger partial charge in [0, 0.05) is 29.4 Å². The molecule has 1 amide bonds. The number of imidazole rings is 1. The quantitative estimate of drug-likeness (QED) is 0.256. The van der Waals surface area contributed by atoms with Crippen LogP contribution >= 0.6 is 0 Å². The number of hydrogen-bond acceptors (Lipinski definition) is 5. The highest BCUT2D eigenvalue weighted by Gasteiger charge is 2.18. The molecule has 0 spiro atoms. The lowest BCUT2D eigenvalue weighted by Crippen LogP contribution is -2.31. The minimum absolute atomic E-state index is 0.00503. The van der Waals surface area contributed by atoms with Gasteiger partial charge in [0.2, 0.25) is 0 Å². The number of hydrogen-bond donors (Lipinski definition) is 1. The summed E-state index contributed by atoms with van der Waals surface area (Å²) in [6.45, 7) is 1.89. The van der Waals surface area contributed by atoms with E-state index in [1.54, 1.807) is 12.1 Å². The molecule has 0 unspecified atom stereocenters. The largest absolute Gasteiger partial charge is 0.448 e. The molecule has 5 rings (SSSR count).